The van der Waals surface area contributed by atoms with Gasteiger partial charge in [-0.25, -0.2) is 4.39 Å². The molecule has 0 aliphatic rings. The molecule has 0 aromatic heterocycles. The zero-order valence-corrected chi connectivity index (χ0v) is 13.0. The molecule has 0 atom stereocenters. The summed E-state index contributed by atoms with van der Waals surface area (Å²) < 4.78 is 15.1. The van der Waals surface area contributed by atoms with Crippen LogP contribution in [0, 0.1) is 5.82 Å². The fourth-order valence-electron chi connectivity index (χ4n) is 1.73. The fraction of sp³-hybridized carbons (Fsp3) is 0.0714. The molecule has 0 aliphatic carbocycles. The maximum absolute atomic E-state index is 13.6. The van der Waals surface area contributed by atoms with Crippen LogP contribution in [0.25, 0.3) is 0 Å². The molecule has 0 heterocycles. The Labute approximate surface area is 127 Å². The number of carbonyl (C=O) groups is 1. The summed E-state index contributed by atoms with van der Waals surface area (Å²) in [4.78, 5) is 12.1. The summed E-state index contributed by atoms with van der Waals surface area (Å²) in [5.74, 6) is -0.603. The maximum atomic E-state index is 13.6. The van der Waals surface area contributed by atoms with Gasteiger partial charge in [-0.3, -0.25) is 4.79 Å². The molecule has 0 radical (unpaired) electrons. The Kier molecular flexibility index (Phi) is 4.37. The Balaban J connectivity index is 2.28. The third-order valence-corrected chi connectivity index (χ3v) is 3.66. The van der Waals surface area contributed by atoms with Gasteiger partial charge in [0.15, 0.2) is 5.78 Å². The van der Waals surface area contributed by atoms with Gasteiger partial charge < -0.3 is 5.73 Å². The second-order valence-electron chi connectivity index (χ2n) is 4.07. The fourth-order valence-corrected chi connectivity index (χ4v) is 2.52. The van der Waals surface area contributed by atoms with Crippen molar-refractivity contribution in [3.63, 3.8) is 0 Å². The maximum Gasteiger partial charge on any atom is 0.169 e. The minimum atomic E-state index is -0.396. The van der Waals surface area contributed by atoms with Crippen LogP contribution in [0.15, 0.2) is 45.3 Å². The van der Waals surface area contributed by atoms with Gasteiger partial charge in [-0.1, -0.05) is 31.9 Å². The van der Waals surface area contributed by atoms with Crippen molar-refractivity contribution in [3.05, 3.63) is 62.3 Å². The number of halogens is 3. The standard InChI is InChI=1S/C14H10Br2FNO/c15-9-2-4-12(17)8(5-9)6-14(19)11-3-1-10(16)7-13(11)18/h1-5,7H,6,18H2. The van der Waals surface area contributed by atoms with Crippen LogP contribution < -0.4 is 5.73 Å². The molecular formula is C14H10Br2FNO. The molecule has 2 nitrogen and oxygen atoms in total. The van der Waals surface area contributed by atoms with E-state index in [0.29, 0.717) is 16.8 Å². The predicted octanol–water partition coefficient (Wildman–Crippen LogP) is 4.36. The molecule has 19 heavy (non-hydrogen) atoms. The van der Waals surface area contributed by atoms with Crippen molar-refractivity contribution in [2.24, 2.45) is 0 Å². The highest BCUT2D eigenvalue weighted by atomic mass is 79.9. The highest BCUT2D eigenvalue weighted by Gasteiger charge is 2.13. The first kappa shape index (κ1) is 14.2. The third-order valence-electron chi connectivity index (χ3n) is 2.67. The number of anilines is 1. The first-order valence-corrected chi connectivity index (χ1v) is 7.08. The van der Waals surface area contributed by atoms with E-state index in [1.165, 1.54) is 6.07 Å². The lowest BCUT2D eigenvalue weighted by atomic mass is 10.0. The Morgan fingerprint density at radius 1 is 1.11 bits per heavy atom. The van der Waals surface area contributed by atoms with Crippen molar-refractivity contribution in [1.82, 2.24) is 0 Å². The largest absolute Gasteiger partial charge is 0.398 e. The summed E-state index contributed by atoms with van der Waals surface area (Å²) in [5, 5.41) is 0. The van der Waals surface area contributed by atoms with Gasteiger partial charge in [0.2, 0.25) is 0 Å². The molecule has 0 saturated carbocycles. The number of nitrogens with two attached hydrogens (primary N) is 1. The molecule has 0 spiro atoms. The third kappa shape index (κ3) is 3.42. The molecular weight excluding hydrogens is 377 g/mol. The van der Waals surface area contributed by atoms with Crippen LogP contribution in [0.4, 0.5) is 10.1 Å². The molecule has 5 heteroatoms. The normalized spacial score (nSPS) is 10.5. The SMILES string of the molecule is Nc1cc(Br)ccc1C(=O)Cc1cc(Br)ccc1F. The highest BCUT2D eigenvalue weighted by Crippen LogP contribution is 2.22. The van der Waals surface area contributed by atoms with E-state index in [2.05, 4.69) is 31.9 Å². The molecule has 0 bridgehead atoms. The molecule has 0 fully saturated rings. The van der Waals surface area contributed by atoms with Crippen LogP contribution in [0.3, 0.4) is 0 Å². The van der Waals surface area contributed by atoms with E-state index < -0.39 is 5.82 Å². The molecule has 0 amide bonds. The summed E-state index contributed by atoms with van der Waals surface area (Å²) in [6.45, 7) is 0. The molecule has 0 aliphatic heterocycles. The Hall–Kier alpha value is -1.20. The Bertz CT molecular complexity index is 643. The lowest BCUT2D eigenvalue weighted by Crippen LogP contribution is -2.08. The smallest absolute Gasteiger partial charge is 0.169 e. The molecule has 2 rings (SSSR count). The van der Waals surface area contributed by atoms with Crippen molar-refractivity contribution < 1.29 is 9.18 Å². The number of carbonyl (C=O) groups excluding carboxylic acids is 1. The van der Waals surface area contributed by atoms with Gasteiger partial charge in [-0.05, 0) is 42.0 Å². The zero-order valence-electron chi connectivity index (χ0n) is 9.79. The van der Waals surface area contributed by atoms with E-state index in [-0.39, 0.29) is 12.2 Å². The predicted molar refractivity (Wildman–Crippen MR) is 80.7 cm³/mol. The molecule has 2 N–H and O–H groups in total. The number of Topliss-reactive ketones (excluding diaryl/α,β-unsaturated/α-hetero) is 1. The number of benzene rings is 2. The van der Waals surface area contributed by atoms with Gasteiger partial charge in [0.25, 0.3) is 0 Å². The van der Waals surface area contributed by atoms with E-state index in [1.54, 1.807) is 30.3 Å². The lowest BCUT2D eigenvalue weighted by molar-refractivity contribution is 0.0992. The lowest BCUT2D eigenvalue weighted by Gasteiger charge is -2.07. The van der Waals surface area contributed by atoms with Crippen LogP contribution in [-0.2, 0) is 6.42 Å². The Morgan fingerprint density at radius 2 is 1.74 bits per heavy atom. The van der Waals surface area contributed by atoms with Gasteiger partial charge in [0.05, 0.1) is 0 Å². The van der Waals surface area contributed by atoms with Crippen molar-refractivity contribution in [2.75, 3.05) is 5.73 Å². The van der Waals surface area contributed by atoms with Crippen LogP contribution in [0.2, 0.25) is 0 Å². The monoisotopic (exact) mass is 385 g/mol. The van der Waals surface area contributed by atoms with Gasteiger partial charge in [-0.15, -0.1) is 0 Å². The van der Waals surface area contributed by atoms with Gasteiger partial charge in [0.1, 0.15) is 5.82 Å². The topological polar surface area (TPSA) is 43.1 Å². The Morgan fingerprint density at radius 3 is 2.42 bits per heavy atom. The van der Waals surface area contributed by atoms with E-state index in [1.807, 2.05) is 0 Å². The number of nitrogen functional groups attached to an aromatic ring is 1. The second-order valence-corrected chi connectivity index (χ2v) is 5.90. The second kappa shape index (κ2) is 5.84. The quantitative estimate of drug-likeness (QED) is 0.629. The number of ketones is 1. The summed E-state index contributed by atoms with van der Waals surface area (Å²) in [7, 11) is 0. The van der Waals surface area contributed by atoms with E-state index in [0.717, 1.165) is 8.95 Å². The molecule has 2 aromatic rings. The van der Waals surface area contributed by atoms with E-state index >= 15 is 0 Å². The molecule has 0 unspecified atom stereocenters. The van der Waals surface area contributed by atoms with Crippen molar-refractivity contribution in [3.8, 4) is 0 Å². The van der Waals surface area contributed by atoms with Gasteiger partial charge >= 0.3 is 0 Å². The average Bonchev–Trinajstić information content (AvgIpc) is 2.33. The van der Waals surface area contributed by atoms with Crippen molar-refractivity contribution in [1.29, 1.82) is 0 Å². The number of hydrogen-bond acceptors (Lipinski definition) is 2. The number of hydrogen-bond donors (Lipinski definition) is 1. The summed E-state index contributed by atoms with van der Waals surface area (Å²) >= 11 is 6.53. The van der Waals surface area contributed by atoms with Crippen molar-refractivity contribution in [2.45, 2.75) is 6.42 Å². The number of rotatable bonds is 3. The molecule has 98 valence electrons. The van der Waals surface area contributed by atoms with Crippen LogP contribution in [0.5, 0.6) is 0 Å². The first-order valence-electron chi connectivity index (χ1n) is 5.49. The zero-order chi connectivity index (χ0) is 14.0. The molecule has 2 aromatic carbocycles. The van der Waals surface area contributed by atoms with Crippen molar-refractivity contribution >= 4 is 43.3 Å². The highest BCUT2D eigenvalue weighted by molar-refractivity contribution is 9.10. The molecule has 0 saturated heterocycles. The minimum Gasteiger partial charge on any atom is -0.398 e. The summed E-state index contributed by atoms with van der Waals surface area (Å²) in [5.41, 5.74) is 6.93. The van der Waals surface area contributed by atoms with Gasteiger partial charge in [0, 0.05) is 26.6 Å². The average molecular weight is 387 g/mol. The summed E-state index contributed by atoms with van der Waals surface area (Å²) in [6.07, 6.45) is -0.0168. The first-order chi connectivity index (χ1) is 8.97. The van der Waals surface area contributed by atoms with Crippen LogP contribution in [0.1, 0.15) is 15.9 Å². The van der Waals surface area contributed by atoms with Crippen LogP contribution in [-0.4, -0.2) is 5.78 Å². The van der Waals surface area contributed by atoms with E-state index in [9.17, 15) is 9.18 Å². The van der Waals surface area contributed by atoms with E-state index in [4.69, 9.17) is 5.73 Å². The van der Waals surface area contributed by atoms with Gasteiger partial charge in [-0.2, -0.15) is 0 Å². The summed E-state index contributed by atoms with van der Waals surface area (Å²) in [6, 6.07) is 9.56. The van der Waals surface area contributed by atoms with Crippen LogP contribution >= 0.6 is 31.9 Å². The minimum absolute atomic E-state index is 0.0168.